The Morgan fingerprint density at radius 1 is 1.29 bits per heavy atom. The third-order valence-electron chi connectivity index (χ3n) is 4.52. The fourth-order valence-electron chi connectivity index (χ4n) is 3.13. The molecule has 142 valence electrons. The standard InChI is InChI=1S/C20H17BrN4O3/c1-28-16-5-3-2-4-12(16)9-22-17(26)10-25-11-23-18-14-8-13(21)6-7-15(14)24-19(18)20(25)27/h2-8,11,24H,9-10H2,1H3,(H,22,26). The lowest BCUT2D eigenvalue weighted by Gasteiger charge is -2.10. The molecule has 2 heterocycles. The zero-order valence-corrected chi connectivity index (χ0v) is 16.6. The number of nitrogens with zero attached hydrogens (tertiary/aromatic N) is 2. The molecular weight excluding hydrogens is 424 g/mol. The smallest absolute Gasteiger partial charge is 0.278 e. The van der Waals surface area contributed by atoms with Gasteiger partial charge >= 0.3 is 0 Å². The largest absolute Gasteiger partial charge is 0.496 e. The molecule has 0 saturated heterocycles. The zero-order valence-electron chi connectivity index (χ0n) is 15.0. The highest BCUT2D eigenvalue weighted by Crippen LogP contribution is 2.24. The highest BCUT2D eigenvalue weighted by molar-refractivity contribution is 9.10. The molecule has 0 spiro atoms. The molecule has 4 aromatic rings. The topological polar surface area (TPSA) is 89.0 Å². The van der Waals surface area contributed by atoms with E-state index < -0.39 is 0 Å². The number of methoxy groups -OCH3 is 1. The minimum absolute atomic E-state index is 0.115. The van der Waals surface area contributed by atoms with Crippen LogP contribution in [0, 0.1) is 0 Å². The molecule has 0 unspecified atom stereocenters. The number of aromatic nitrogens is 3. The van der Waals surface area contributed by atoms with Crippen molar-refractivity contribution >= 4 is 43.8 Å². The number of carbonyl (C=O) groups is 1. The maximum atomic E-state index is 12.8. The van der Waals surface area contributed by atoms with Gasteiger partial charge in [-0.25, -0.2) is 4.98 Å². The second-order valence-corrected chi connectivity index (χ2v) is 7.22. The van der Waals surface area contributed by atoms with Gasteiger partial charge < -0.3 is 15.0 Å². The van der Waals surface area contributed by atoms with E-state index in [0.717, 1.165) is 20.9 Å². The van der Waals surface area contributed by atoms with E-state index in [1.54, 1.807) is 7.11 Å². The third kappa shape index (κ3) is 3.38. The van der Waals surface area contributed by atoms with E-state index in [1.807, 2.05) is 42.5 Å². The summed E-state index contributed by atoms with van der Waals surface area (Å²) in [5.41, 5.74) is 2.37. The van der Waals surface area contributed by atoms with Crippen LogP contribution in [-0.4, -0.2) is 27.6 Å². The number of carbonyl (C=O) groups excluding carboxylic acids is 1. The Kier molecular flexibility index (Phi) is 4.87. The quantitative estimate of drug-likeness (QED) is 0.499. The fourth-order valence-corrected chi connectivity index (χ4v) is 3.49. The molecule has 7 nitrogen and oxygen atoms in total. The monoisotopic (exact) mass is 440 g/mol. The van der Waals surface area contributed by atoms with Gasteiger partial charge in [0, 0.05) is 27.5 Å². The number of amides is 1. The van der Waals surface area contributed by atoms with E-state index in [-0.39, 0.29) is 18.0 Å². The summed E-state index contributed by atoms with van der Waals surface area (Å²) in [5, 5.41) is 3.66. The van der Waals surface area contributed by atoms with Gasteiger partial charge in [-0.1, -0.05) is 34.1 Å². The summed E-state index contributed by atoms with van der Waals surface area (Å²) in [7, 11) is 1.58. The first-order valence-electron chi connectivity index (χ1n) is 8.62. The number of nitrogens with one attached hydrogen (secondary N) is 2. The molecule has 0 saturated carbocycles. The number of para-hydroxylation sites is 1. The number of benzene rings is 2. The predicted octanol–water partition coefficient (Wildman–Crippen LogP) is 2.97. The van der Waals surface area contributed by atoms with Crippen LogP contribution in [0.4, 0.5) is 0 Å². The summed E-state index contributed by atoms with van der Waals surface area (Å²) < 4.78 is 7.48. The van der Waals surface area contributed by atoms with Crippen molar-refractivity contribution in [2.45, 2.75) is 13.1 Å². The van der Waals surface area contributed by atoms with Crippen molar-refractivity contribution in [2.75, 3.05) is 7.11 Å². The first-order valence-corrected chi connectivity index (χ1v) is 9.41. The molecule has 28 heavy (non-hydrogen) atoms. The Hall–Kier alpha value is -3.13. The Bertz CT molecular complexity index is 1250. The van der Waals surface area contributed by atoms with E-state index in [1.165, 1.54) is 10.9 Å². The molecular formula is C20H17BrN4O3. The summed E-state index contributed by atoms with van der Waals surface area (Å²) in [6.45, 7) is 0.198. The molecule has 0 atom stereocenters. The molecule has 1 amide bonds. The molecule has 4 rings (SSSR count). The molecule has 0 aliphatic carbocycles. The van der Waals surface area contributed by atoms with E-state index in [2.05, 4.69) is 31.2 Å². The molecule has 0 aliphatic heterocycles. The Morgan fingerprint density at radius 2 is 2.11 bits per heavy atom. The first kappa shape index (κ1) is 18.2. The summed E-state index contributed by atoms with van der Waals surface area (Å²) >= 11 is 3.43. The molecule has 8 heteroatoms. The summed E-state index contributed by atoms with van der Waals surface area (Å²) in [6, 6.07) is 13.1. The van der Waals surface area contributed by atoms with Crippen LogP contribution in [0.5, 0.6) is 5.75 Å². The van der Waals surface area contributed by atoms with E-state index in [9.17, 15) is 9.59 Å². The summed E-state index contributed by atoms with van der Waals surface area (Å²) in [6.07, 6.45) is 1.40. The second kappa shape index (κ2) is 7.47. The maximum absolute atomic E-state index is 12.8. The van der Waals surface area contributed by atoms with Gasteiger partial charge in [-0.3, -0.25) is 14.2 Å². The summed E-state index contributed by atoms with van der Waals surface area (Å²) in [5.74, 6) is 0.417. The van der Waals surface area contributed by atoms with Gasteiger partial charge in [0.2, 0.25) is 5.91 Å². The van der Waals surface area contributed by atoms with Crippen LogP contribution in [0.2, 0.25) is 0 Å². The van der Waals surface area contributed by atoms with Crippen molar-refractivity contribution in [3.05, 3.63) is 69.2 Å². The third-order valence-corrected chi connectivity index (χ3v) is 5.01. The van der Waals surface area contributed by atoms with Crippen molar-refractivity contribution in [2.24, 2.45) is 0 Å². The number of aromatic amines is 1. The van der Waals surface area contributed by atoms with E-state index in [0.29, 0.717) is 23.3 Å². The highest BCUT2D eigenvalue weighted by atomic mass is 79.9. The number of H-pyrrole nitrogens is 1. The fraction of sp³-hybridized carbons (Fsp3) is 0.150. The van der Waals surface area contributed by atoms with Crippen LogP contribution in [0.1, 0.15) is 5.56 Å². The SMILES string of the molecule is COc1ccccc1CNC(=O)Cn1cnc2c([nH]c3ccc(Br)cc32)c1=O. The summed E-state index contributed by atoms with van der Waals surface area (Å²) in [4.78, 5) is 32.6. The average molecular weight is 441 g/mol. The van der Waals surface area contributed by atoms with Crippen molar-refractivity contribution in [1.29, 1.82) is 0 Å². The molecule has 2 aromatic carbocycles. The van der Waals surface area contributed by atoms with Crippen LogP contribution in [0.3, 0.4) is 0 Å². The van der Waals surface area contributed by atoms with Gasteiger partial charge in [-0.15, -0.1) is 0 Å². The van der Waals surface area contributed by atoms with Gasteiger partial charge in [-0.2, -0.15) is 0 Å². The maximum Gasteiger partial charge on any atom is 0.278 e. The number of hydrogen-bond donors (Lipinski definition) is 2. The number of halogens is 1. The van der Waals surface area contributed by atoms with Gasteiger partial charge in [0.1, 0.15) is 23.3 Å². The molecule has 2 aromatic heterocycles. The van der Waals surface area contributed by atoms with Gasteiger partial charge in [0.05, 0.1) is 13.4 Å². The normalized spacial score (nSPS) is 11.1. The minimum Gasteiger partial charge on any atom is -0.496 e. The Labute approximate surface area is 168 Å². The number of ether oxygens (including phenoxy) is 1. The van der Waals surface area contributed by atoms with E-state index in [4.69, 9.17) is 4.74 Å². The van der Waals surface area contributed by atoms with Crippen molar-refractivity contribution in [3.63, 3.8) is 0 Å². The number of rotatable bonds is 5. The van der Waals surface area contributed by atoms with E-state index >= 15 is 0 Å². The lowest BCUT2D eigenvalue weighted by Crippen LogP contribution is -2.32. The van der Waals surface area contributed by atoms with Crippen LogP contribution in [0.15, 0.2) is 58.1 Å². The number of fused-ring (bicyclic) bond motifs is 3. The molecule has 2 N–H and O–H groups in total. The van der Waals surface area contributed by atoms with Crippen LogP contribution >= 0.6 is 15.9 Å². The lowest BCUT2D eigenvalue weighted by atomic mass is 10.2. The molecule has 0 aliphatic rings. The Morgan fingerprint density at radius 3 is 2.93 bits per heavy atom. The Balaban J connectivity index is 1.56. The average Bonchev–Trinajstić information content (AvgIpc) is 3.07. The van der Waals surface area contributed by atoms with Crippen molar-refractivity contribution in [1.82, 2.24) is 19.9 Å². The van der Waals surface area contributed by atoms with Gasteiger partial charge in [0.25, 0.3) is 5.56 Å². The zero-order chi connectivity index (χ0) is 19.7. The van der Waals surface area contributed by atoms with Crippen molar-refractivity contribution in [3.8, 4) is 5.75 Å². The van der Waals surface area contributed by atoms with Gasteiger partial charge in [0.15, 0.2) is 0 Å². The van der Waals surface area contributed by atoms with Crippen LogP contribution < -0.4 is 15.6 Å². The second-order valence-electron chi connectivity index (χ2n) is 6.30. The van der Waals surface area contributed by atoms with Crippen LogP contribution in [0.25, 0.3) is 21.9 Å². The lowest BCUT2D eigenvalue weighted by molar-refractivity contribution is -0.121. The van der Waals surface area contributed by atoms with Gasteiger partial charge in [-0.05, 0) is 24.3 Å². The highest BCUT2D eigenvalue weighted by Gasteiger charge is 2.13. The predicted molar refractivity (Wildman–Crippen MR) is 110 cm³/mol. The number of hydrogen-bond acceptors (Lipinski definition) is 4. The molecule has 0 bridgehead atoms. The van der Waals surface area contributed by atoms with Crippen LogP contribution in [-0.2, 0) is 17.9 Å². The van der Waals surface area contributed by atoms with Crippen molar-refractivity contribution < 1.29 is 9.53 Å². The molecule has 0 radical (unpaired) electrons. The molecule has 0 fully saturated rings. The first-order chi connectivity index (χ1) is 13.6. The minimum atomic E-state index is -0.287.